The summed E-state index contributed by atoms with van der Waals surface area (Å²) >= 11 is 0. The fourth-order valence-corrected chi connectivity index (χ4v) is 4.88. The molecule has 2 nitrogen and oxygen atoms in total. The van der Waals surface area contributed by atoms with Crippen molar-refractivity contribution in [2.75, 3.05) is 0 Å². The van der Waals surface area contributed by atoms with Crippen LogP contribution < -0.4 is 0 Å². The molecule has 0 unspecified atom stereocenters. The Bertz CT molecular complexity index is 1510. The predicted molar refractivity (Wildman–Crippen MR) is 132 cm³/mol. The average molecular weight is 401 g/mol. The van der Waals surface area contributed by atoms with Gasteiger partial charge in [0.05, 0.1) is 16.9 Å². The third kappa shape index (κ3) is 2.75. The van der Waals surface area contributed by atoms with Crippen LogP contribution in [0, 0.1) is 27.7 Å². The van der Waals surface area contributed by atoms with Crippen LogP contribution in [0.15, 0.2) is 71.7 Å². The maximum absolute atomic E-state index is 5.29. The van der Waals surface area contributed by atoms with Crippen molar-refractivity contribution in [3.63, 3.8) is 0 Å². The lowest BCUT2D eigenvalue weighted by Gasteiger charge is -2.06. The molecule has 0 aliphatic heterocycles. The molecule has 0 bridgehead atoms. The third-order valence-corrected chi connectivity index (χ3v) is 6.37. The molecule has 6 rings (SSSR count). The number of aromatic amines is 1. The fourth-order valence-electron chi connectivity index (χ4n) is 4.88. The van der Waals surface area contributed by atoms with Gasteiger partial charge in [0.25, 0.3) is 0 Å². The van der Waals surface area contributed by atoms with Crippen molar-refractivity contribution < 1.29 is 0 Å². The van der Waals surface area contributed by atoms with Gasteiger partial charge in [-0.15, -0.1) is 0 Å². The van der Waals surface area contributed by atoms with E-state index < -0.39 is 0 Å². The number of hydrogen-bond acceptors (Lipinski definition) is 1. The largest absolute Gasteiger partial charge is 0.353 e. The Morgan fingerprint density at radius 1 is 0.548 bits per heavy atom. The van der Waals surface area contributed by atoms with Crippen LogP contribution in [0.5, 0.6) is 0 Å². The summed E-state index contributed by atoms with van der Waals surface area (Å²) in [6.07, 6.45) is 0. The summed E-state index contributed by atoms with van der Waals surface area (Å²) in [5, 5.41) is 2.50. The molecule has 0 saturated heterocycles. The lowest BCUT2D eigenvalue weighted by molar-refractivity contribution is 1.43. The van der Waals surface area contributed by atoms with Gasteiger partial charge in [0.1, 0.15) is 0 Å². The van der Waals surface area contributed by atoms with Crippen molar-refractivity contribution in [1.82, 2.24) is 4.98 Å². The van der Waals surface area contributed by atoms with E-state index in [1.54, 1.807) is 0 Å². The summed E-state index contributed by atoms with van der Waals surface area (Å²) < 4.78 is 0. The van der Waals surface area contributed by atoms with E-state index in [1.165, 1.54) is 55.3 Å². The Balaban J connectivity index is 1.67. The summed E-state index contributed by atoms with van der Waals surface area (Å²) in [4.78, 5) is 8.93. The van der Waals surface area contributed by atoms with Crippen LogP contribution in [0.3, 0.4) is 0 Å². The first-order valence-electron chi connectivity index (χ1n) is 10.8. The molecule has 1 heterocycles. The Labute approximate surface area is 182 Å². The first kappa shape index (κ1) is 18.1. The summed E-state index contributed by atoms with van der Waals surface area (Å²) in [7, 11) is 0. The Kier molecular flexibility index (Phi) is 3.76. The second kappa shape index (κ2) is 6.42. The molecule has 150 valence electrons. The van der Waals surface area contributed by atoms with Gasteiger partial charge in [0.15, 0.2) is 0 Å². The molecule has 1 aromatic heterocycles. The van der Waals surface area contributed by atoms with Crippen LogP contribution in [-0.4, -0.2) is 10.7 Å². The van der Waals surface area contributed by atoms with Gasteiger partial charge in [-0.25, -0.2) is 4.99 Å². The van der Waals surface area contributed by atoms with Gasteiger partial charge < -0.3 is 4.98 Å². The molecule has 0 atom stereocenters. The summed E-state index contributed by atoms with van der Waals surface area (Å²) in [5.41, 5.74) is 14.4. The van der Waals surface area contributed by atoms with Gasteiger partial charge in [0.2, 0.25) is 0 Å². The first-order valence-corrected chi connectivity index (χ1v) is 10.8. The smallest absolute Gasteiger partial charge is 0.0881 e. The zero-order chi connectivity index (χ0) is 21.3. The lowest BCUT2D eigenvalue weighted by atomic mass is 10.0. The number of H-pyrrole nitrogens is 1. The van der Waals surface area contributed by atoms with Crippen LogP contribution in [0.4, 0.5) is 5.69 Å². The quantitative estimate of drug-likeness (QED) is 0.293. The van der Waals surface area contributed by atoms with E-state index in [1.807, 2.05) is 0 Å². The van der Waals surface area contributed by atoms with Gasteiger partial charge >= 0.3 is 0 Å². The highest BCUT2D eigenvalue weighted by molar-refractivity contribution is 6.26. The Morgan fingerprint density at radius 2 is 1.13 bits per heavy atom. The highest BCUT2D eigenvalue weighted by Gasteiger charge is 2.25. The van der Waals surface area contributed by atoms with Gasteiger partial charge in [-0.2, -0.15) is 0 Å². The minimum absolute atomic E-state index is 0.999. The van der Waals surface area contributed by atoms with Gasteiger partial charge in [-0.05, 0) is 68.7 Å². The van der Waals surface area contributed by atoms with Crippen LogP contribution >= 0.6 is 0 Å². The van der Waals surface area contributed by atoms with E-state index in [9.17, 15) is 0 Å². The van der Waals surface area contributed by atoms with Crippen molar-refractivity contribution in [3.8, 4) is 11.1 Å². The Morgan fingerprint density at radius 3 is 1.81 bits per heavy atom. The molecule has 0 amide bonds. The standard InChI is InChI=1S/C29H24N2/c1-16-5-8-20-22(11-16)23-12-17(2)6-9-21(23)28(20)31-27-15-19(4)14-25-24-13-18(3)7-10-26(24)30-29(25)27/h5-15,30H,1-4H3. The average Bonchev–Trinajstić information content (AvgIpc) is 3.23. The van der Waals surface area contributed by atoms with Crippen molar-refractivity contribution >= 4 is 33.2 Å². The lowest BCUT2D eigenvalue weighted by Crippen LogP contribution is -1.98. The second-order valence-electron chi connectivity index (χ2n) is 8.94. The molecule has 5 aromatic rings. The molecule has 0 saturated carbocycles. The maximum Gasteiger partial charge on any atom is 0.0881 e. The Hall–Kier alpha value is -3.65. The zero-order valence-corrected chi connectivity index (χ0v) is 18.3. The predicted octanol–water partition coefficient (Wildman–Crippen LogP) is 7.70. The van der Waals surface area contributed by atoms with Crippen molar-refractivity contribution in [3.05, 3.63) is 100 Å². The number of rotatable bonds is 1. The monoisotopic (exact) mass is 400 g/mol. The van der Waals surface area contributed by atoms with Gasteiger partial charge in [-0.3, -0.25) is 0 Å². The summed E-state index contributed by atoms with van der Waals surface area (Å²) in [6.45, 7) is 8.61. The van der Waals surface area contributed by atoms with Crippen LogP contribution in [0.25, 0.3) is 32.9 Å². The highest BCUT2D eigenvalue weighted by atomic mass is 14.8. The molecule has 1 N–H and O–H groups in total. The minimum Gasteiger partial charge on any atom is -0.353 e. The molecule has 31 heavy (non-hydrogen) atoms. The number of aryl methyl sites for hydroxylation is 4. The summed E-state index contributed by atoms with van der Waals surface area (Å²) in [5.74, 6) is 0. The molecule has 4 aromatic carbocycles. The maximum atomic E-state index is 5.29. The fraction of sp³-hybridized carbons (Fsp3) is 0.138. The number of hydrogen-bond donors (Lipinski definition) is 1. The van der Waals surface area contributed by atoms with E-state index >= 15 is 0 Å². The summed E-state index contributed by atoms with van der Waals surface area (Å²) in [6, 6.07) is 24.4. The third-order valence-electron chi connectivity index (χ3n) is 6.37. The minimum atomic E-state index is 0.999. The van der Waals surface area contributed by atoms with Gasteiger partial charge in [-0.1, -0.05) is 59.2 Å². The van der Waals surface area contributed by atoms with Crippen molar-refractivity contribution in [2.45, 2.75) is 27.7 Å². The van der Waals surface area contributed by atoms with E-state index in [2.05, 4.69) is 99.4 Å². The number of fused-ring (bicyclic) bond motifs is 6. The van der Waals surface area contributed by atoms with Crippen molar-refractivity contribution in [1.29, 1.82) is 0 Å². The number of aromatic nitrogens is 1. The first-order chi connectivity index (χ1) is 15.0. The van der Waals surface area contributed by atoms with Crippen LogP contribution in [-0.2, 0) is 0 Å². The van der Waals surface area contributed by atoms with Crippen molar-refractivity contribution in [2.24, 2.45) is 4.99 Å². The molecule has 0 spiro atoms. The molecular weight excluding hydrogens is 376 g/mol. The molecule has 1 aliphatic rings. The van der Waals surface area contributed by atoms with E-state index in [4.69, 9.17) is 4.99 Å². The zero-order valence-electron chi connectivity index (χ0n) is 18.3. The number of nitrogens with zero attached hydrogens (tertiary/aromatic N) is 1. The molecule has 0 radical (unpaired) electrons. The normalized spacial score (nSPS) is 12.5. The van der Waals surface area contributed by atoms with E-state index in [-0.39, 0.29) is 0 Å². The van der Waals surface area contributed by atoms with Crippen LogP contribution in [0.1, 0.15) is 33.4 Å². The van der Waals surface area contributed by atoms with E-state index in [0.29, 0.717) is 0 Å². The van der Waals surface area contributed by atoms with Gasteiger partial charge in [0, 0.05) is 27.4 Å². The number of nitrogens with one attached hydrogen (secondary N) is 1. The number of aliphatic imine (C=N–C) groups is 1. The topological polar surface area (TPSA) is 28.1 Å². The second-order valence-corrected chi connectivity index (χ2v) is 8.94. The molecular formula is C29H24N2. The SMILES string of the molecule is Cc1ccc2c(c1)-c1cc(C)ccc1C2=Nc1cc(C)cc2c1[nH]c1ccc(C)cc12. The van der Waals surface area contributed by atoms with E-state index in [0.717, 1.165) is 22.4 Å². The molecule has 1 aliphatic carbocycles. The molecule has 0 fully saturated rings. The number of benzene rings is 4. The molecule has 2 heteroatoms. The highest BCUT2D eigenvalue weighted by Crippen LogP contribution is 2.41. The van der Waals surface area contributed by atoms with Crippen LogP contribution in [0.2, 0.25) is 0 Å².